The van der Waals surface area contributed by atoms with Gasteiger partial charge in [0.2, 0.25) is 0 Å². The molecule has 0 saturated carbocycles. The van der Waals surface area contributed by atoms with Crippen molar-refractivity contribution in [3.63, 3.8) is 0 Å². The minimum absolute atomic E-state index is 0.0744. The van der Waals surface area contributed by atoms with Gasteiger partial charge in [0.05, 0.1) is 0 Å². The zero-order valence-corrected chi connectivity index (χ0v) is 54.3. The van der Waals surface area contributed by atoms with E-state index in [0.717, 1.165) is 89.9 Å². The van der Waals surface area contributed by atoms with E-state index in [1.807, 2.05) is 0 Å². The van der Waals surface area contributed by atoms with Crippen LogP contribution in [0.25, 0.3) is 0 Å². The molecule has 1 unspecified atom stereocenters. The summed E-state index contributed by atoms with van der Waals surface area (Å²) in [5.41, 5.74) is 0. The number of allylic oxidation sites excluding steroid dienone is 10. The molecule has 0 fully saturated rings. The van der Waals surface area contributed by atoms with Crippen LogP contribution in [-0.4, -0.2) is 37.2 Å². The van der Waals surface area contributed by atoms with E-state index in [-0.39, 0.29) is 31.1 Å². The van der Waals surface area contributed by atoms with Gasteiger partial charge in [-0.3, -0.25) is 14.4 Å². The number of carbonyl (C=O) groups is 3. The Balaban J connectivity index is 4.23. The largest absolute Gasteiger partial charge is 0.462 e. The van der Waals surface area contributed by atoms with Crippen molar-refractivity contribution in [2.45, 2.75) is 386 Å². The summed E-state index contributed by atoms with van der Waals surface area (Å²) in [5.74, 6) is -0.864. The Hall–Kier alpha value is -2.89. The summed E-state index contributed by atoms with van der Waals surface area (Å²) in [7, 11) is 0. The van der Waals surface area contributed by atoms with Crippen LogP contribution in [0.4, 0.5) is 0 Å². The molecule has 0 N–H and O–H groups in total. The highest BCUT2D eigenvalue weighted by Crippen LogP contribution is 2.18. The van der Waals surface area contributed by atoms with Crippen LogP contribution < -0.4 is 0 Å². The van der Waals surface area contributed by atoms with Gasteiger partial charge in [-0.25, -0.2) is 0 Å². The van der Waals surface area contributed by atoms with Crippen LogP contribution in [0, 0.1) is 0 Å². The molecular weight excluding hydrogens is 997 g/mol. The fraction of sp³-hybridized carbons (Fsp3) is 0.827. The maximum atomic E-state index is 13.0. The zero-order valence-electron chi connectivity index (χ0n) is 54.3. The van der Waals surface area contributed by atoms with E-state index in [4.69, 9.17) is 14.2 Å². The Morgan fingerprint density at radius 3 is 0.778 bits per heavy atom. The van der Waals surface area contributed by atoms with Gasteiger partial charge in [-0.2, -0.15) is 0 Å². The number of rotatable bonds is 66. The monoisotopic (exact) mass is 1130 g/mol. The Morgan fingerprint density at radius 1 is 0.259 bits per heavy atom. The maximum Gasteiger partial charge on any atom is 0.306 e. The molecule has 0 amide bonds. The van der Waals surface area contributed by atoms with Gasteiger partial charge in [0, 0.05) is 19.3 Å². The molecular formula is C75H136O6. The number of ether oxygens (including phenoxy) is 3. The summed E-state index contributed by atoms with van der Waals surface area (Å²) in [6, 6.07) is 0. The number of esters is 3. The Labute approximate surface area is 504 Å². The lowest BCUT2D eigenvalue weighted by Gasteiger charge is -2.18. The van der Waals surface area contributed by atoms with Crippen molar-refractivity contribution in [1.29, 1.82) is 0 Å². The van der Waals surface area contributed by atoms with Crippen LogP contribution in [0.2, 0.25) is 0 Å². The van der Waals surface area contributed by atoms with Gasteiger partial charge in [0.15, 0.2) is 6.10 Å². The molecule has 0 aliphatic carbocycles. The summed E-state index contributed by atoms with van der Waals surface area (Å²) < 4.78 is 17.0. The first-order valence-electron chi connectivity index (χ1n) is 35.8. The van der Waals surface area contributed by atoms with Crippen molar-refractivity contribution in [1.82, 2.24) is 0 Å². The molecule has 0 radical (unpaired) electrons. The molecule has 0 aromatic carbocycles. The first-order chi connectivity index (χ1) is 40.0. The molecule has 0 bridgehead atoms. The number of unbranched alkanes of at least 4 members (excludes halogenated alkanes) is 45. The van der Waals surface area contributed by atoms with E-state index in [2.05, 4.69) is 81.5 Å². The fourth-order valence-corrected chi connectivity index (χ4v) is 10.7. The van der Waals surface area contributed by atoms with Gasteiger partial charge >= 0.3 is 17.9 Å². The highest BCUT2D eigenvalue weighted by atomic mass is 16.6. The molecule has 0 aromatic rings. The minimum atomic E-state index is -0.780. The van der Waals surface area contributed by atoms with Crippen LogP contribution in [0.15, 0.2) is 60.8 Å². The Bertz CT molecular complexity index is 1440. The topological polar surface area (TPSA) is 78.9 Å². The van der Waals surface area contributed by atoms with E-state index in [1.54, 1.807) is 0 Å². The highest BCUT2D eigenvalue weighted by molar-refractivity contribution is 5.71. The molecule has 0 aromatic heterocycles. The van der Waals surface area contributed by atoms with Crippen molar-refractivity contribution in [3.05, 3.63) is 60.8 Å². The highest BCUT2D eigenvalue weighted by Gasteiger charge is 2.19. The third-order valence-corrected chi connectivity index (χ3v) is 16.0. The zero-order chi connectivity index (χ0) is 58.5. The smallest absolute Gasteiger partial charge is 0.306 e. The van der Waals surface area contributed by atoms with Gasteiger partial charge < -0.3 is 14.2 Å². The summed E-state index contributed by atoms with van der Waals surface area (Å²) in [4.78, 5) is 38.4. The predicted octanol–water partition coefficient (Wildman–Crippen LogP) is 24.7. The molecule has 0 heterocycles. The second kappa shape index (κ2) is 69.6. The maximum absolute atomic E-state index is 13.0. The molecule has 0 rings (SSSR count). The predicted molar refractivity (Wildman–Crippen MR) is 353 cm³/mol. The third kappa shape index (κ3) is 67.8. The van der Waals surface area contributed by atoms with Crippen LogP contribution >= 0.6 is 0 Å². The number of hydrogen-bond donors (Lipinski definition) is 0. The van der Waals surface area contributed by atoms with Crippen LogP contribution in [0.3, 0.4) is 0 Å². The lowest BCUT2D eigenvalue weighted by atomic mass is 10.0. The second-order valence-electron chi connectivity index (χ2n) is 24.1. The molecule has 0 saturated heterocycles. The van der Waals surface area contributed by atoms with Crippen molar-refractivity contribution in [2.24, 2.45) is 0 Å². The second-order valence-corrected chi connectivity index (χ2v) is 24.1. The van der Waals surface area contributed by atoms with E-state index in [9.17, 15) is 14.4 Å². The molecule has 0 spiro atoms. The number of hydrogen-bond acceptors (Lipinski definition) is 6. The van der Waals surface area contributed by atoms with E-state index in [1.165, 1.54) is 250 Å². The van der Waals surface area contributed by atoms with E-state index in [0.29, 0.717) is 19.3 Å². The first-order valence-corrected chi connectivity index (χ1v) is 35.8. The third-order valence-electron chi connectivity index (χ3n) is 16.0. The molecule has 1 atom stereocenters. The van der Waals surface area contributed by atoms with Crippen LogP contribution in [0.5, 0.6) is 0 Å². The lowest BCUT2D eigenvalue weighted by Crippen LogP contribution is -2.30. The van der Waals surface area contributed by atoms with Crippen molar-refractivity contribution in [2.75, 3.05) is 13.2 Å². The van der Waals surface area contributed by atoms with Gasteiger partial charge in [-0.15, -0.1) is 0 Å². The van der Waals surface area contributed by atoms with Gasteiger partial charge in [-0.1, -0.05) is 338 Å². The van der Waals surface area contributed by atoms with Crippen molar-refractivity contribution < 1.29 is 28.6 Å². The van der Waals surface area contributed by atoms with E-state index < -0.39 is 6.10 Å². The Morgan fingerprint density at radius 2 is 0.481 bits per heavy atom. The van der Waals surface area contributed by atoms with Crippen molar-refractivity contribution in [3.8, 4) is 0 Å². The SMILES string of the molecule is CC/C=C\C/C=C\C/C=C\C/C=C\CCCCCCCCCCCCC(=O)OC(COC(=O)CCCCCCC/C=C\CCCCCC)COC(=O)CCCCCCCCCCCCCCCCCCCCCCCCCCCCC. The average molecular weight is 1130 g/mol. The Kier molecular flexibility index (Phi) is 67.1. The van der Waals surface area contributed by atoms with Crippen molar-refractivity contribution >= 4 is 17.9 Å². The normalized spacial score (nSPS) is 12.4. The summed E-state index contributed by atoms with van der Waals surface area (Å²) >= 11 is 0. The summed E-state index contributed by atoms with van der Waals surface area (Å²) in [6.45, 7) is 6.57. The summed E-state index contributed by atoms with van der Waals surface area (Å²) in [5, 5.41) is 0. The van der Waals surface area contributed by atoms with Gasteiger partial charge in [0.25, 0.3) is 0 Å². The lowest BCUT2D eigenvalue weighted by molar-refractivity contribution is -0.167. The van der Waals surface area contributed by atoms with Gasteiger partial charge in [-0.05, 0) is 83.5 Å². The van der Waals surface area contributed by atoms with Gasteiger partial charge in [0.1, 0.15) is 13.2 Å². The molecule has 6 nitrogen and oxygen atoms in total. The van der Waals surface area contributed by atoms with Crippen LogP contribution in [-0.2, 0) is 28.6 Å². The fourth-order valence-electron chi connectivity index (χ4n) is 10.7. The minimum Gasteiger partial charge on any atom is -0.462 e. The molecule has 472 valence electrons. The average Bonchev–Trinajstić information content (AvgIpc) is 3.46. The molecule has 81 heavy (non-hydrogen) atoms. The standard InChI is InChI=1S/C75H136O6/c1-4-7-10-13-16-19-22-25-27-29-31-33-35-36-37-38-40-41-43-45-47-50-53-56-59-62-65-68-74(77)80-71-72(70-79-73(76)67-64-61-58-55-52-49-24-21-18-15-12-9-6-3)81-75(78)69-66-63-60-57-54-51-48-46-44-42-39-34-32-30-28-26-23-20-17-14-11-8-5-2/h8,11,17,20-21,24,26,28,32,34,72H,4-7,9-10,12-16,18-19,22-23,25,27,29-31,33,35-71H2,1-3H3/b11-8-,20-17-,24-21-,28-26-,34-32-. The molecule has 0 aliphatic heterocycles. The summed E-state index contributed by atoms with van der Waals surface area (Å²) in [6.07, 6.45) is 89.7. The first kappa shape index (κ1) is 78.1. The molecule has 6 heteroatoms. The van der Waals surface area contributed by atoms with Crippen LogP contribution in [0.1, 0.15) is 380 Å². The molecule has 0 aliphatic rings. The quantitative estimate of drug-likeness (QED) is 0.0261. The number of carbonyl (C=O) groups excluding carboxylic acids is 3. The van der Waals surface area contributed by atoms with E-state index >= 15 is 0 Å².